The van der Waals surface area contributed by atoms with E-state index in [1.165, 1.54) is 0 Å². The van der Waals surface area contributed by atoms with Gasteiger partial charge in [-0.2, -0.15) is 0 Å². The number of nitrogens with one attached hydrogen (secondary N) is 2. The smallest absolute Gasteiger partial charge is 0.318 e. The fraction of sp³-hybridized carbons (Fsp3) is 0.538. The van der Waals surface area contributed by atoms with Crippen molar-refractivity contribution in [3.05, 3.63) is 30.1 Å². The average molecular weight is 246 g/mol. The van der Waals surface area contributed by atoms with Crippen LogP contribution in [0.15, 0.2) is 24.4 Å². The van der Waals surface area contributed by atoms with E-state index >= 15 is 0 Å². The number of carbonyl (C=O) groups is 1. The first-order valence-electron chi connectivity index (χ1n) is 6.50. The summed E-state index contributed by atoms with van der Waals surface area (Å²) in [6.07, 6.45) is 2.93. The molecule has 2 unspecified atom stereocenters. The van der Waals surface area contributed by atoms with Gasteiger partial charge in [-0.15, -0.1) is 0 Å². The van der Waals surface area contributed by atoms with Gasteiger partial charge in [-0.05, 0) is 37.6 Å². The van der Waals surface area contributed by atoms with Gasteiger partial charge in [-0.25, -0.2) is 4.79 Å². The van der Waals surface area contributed by atoms with Crippen molar-refractivity contribution in [1.82, 2.24) is 20.5 Å². The molecule has 18 heavy (non-hydrogen) atoms. The molecule has 0 radical (unpaired) electrons. The summed E-state index contributed by atoms with van der Waals surface area (Å²) in [6, 6.07) is 5.89. The molecule has 2 N–H and O–H groups in total. The third kappa shape index (κ3) is 2.31. The second kappa shape index (κ2) is 4.94. The molecule has 0 saturated carbocycles. The predicted molar refractivity (Wildman–Crippen MR) is 68.1 cm³/mol. The SMILES string of the molecule is O=C1NC(c2ccccn2)CN1CC1CCNC1. The van der Waals surface area contributed by atoms with E-state index in [4.69, 9.17) is 0 Å². The first kappa shape index (κ1) is 11.5. The monoisotopic (exact) mass is 246 g/mol. The third-order valence-electron chi connectivity index (χ3n) is 3.67. The largest absolute Gasteiger partial charge is 0.328 e. The summed E-state index contributed by atoms with van der Waals surface area (Å²) < 4.78 is 0. The van der Waals surface area contributed by atoms with Crippen LogP contribution < -0.4 is 10.6 Å². The van der Waals surface area contributed by atoms with E-state index in [-0.39, 0.29) is 12.1 Å². The molecular weight excluding hydrogens is 228 g/mol. The van der Waals surface area contributed by atoms with E-state index in [1.54, 1.807) is 6.20 Å². The zero-order valence-electron chi connectivity index (χ0n) is 10.3. The van der Waals surface area contributed by atoms with Crippen LogP contribution in [0.2, 0.25) is 0 Å². The molecule has 3 rings (SSSR count). The van der Waals surface area contributed by atoms with Crippen LogP contribution in [0.3, 0.4) is 0 Å². The van der Waals surface area contributed by atoms with Gasteiger partial charge >= 0.3 is 6.03 Å². The molecule has 1 aromatic rings. The Bertz CT molecular complexity index is 416. The average Bonchev–Trinajstić information content (AvgIpc) is 3.02. The number of rotatable bonds is 3. The van der Waals surface area contributed by atoms with Crippen LogP contribution in [-0.4, -0.2) is 42.1 Å². The molecule has 0 bridgehead atoms. The third-order valence-corrected chi connectivity index (χ3v) is 3.67. The summed E-state index contributed by atoms with van der Waals surface area (Å²) in [5.41, 5.74) is 0.942. The molecule has 96 valence electrons. The molecule has 2 atom stereocenters. The number of carbonyl (C=O) groups excluding carboxylic acids is 1. The Morgan fingerprint density at radius 3 is 3.11 bits per heavy atom. The molecule has 0 aliphatic carbocycles. The van der Waals surface area contributed by atoms with Gasteiger partial charge in [0.1, 0.15) is 0 Å². The number of urea groups is 1. The van der Waals surface area contributed by atoms with Gasteiger partial charge in [-0.1, -0.05) is 6.07 Å². The highest BCUT2D eigenvalue weighted by Gasteiger charge is 2.32. The van der Waals surface area contributed by atoms with Gasteiger partial charge in [0.15, 0.2) is 0 Å². The summed E-state index contributed by atoms with van der Waals surface area (Å²) in [7, 11) is 0. The Morgan fingerprint density at radius 1 is 1.44 bits per heavy atom. The van der Waals surface area contributed by atoms with Crippen molar-refractivity contribution in [2.75, 3.05) is 26.2 Å². The molecule has 3 heterocycles. The van der Waals surface area contributed by atoms with E-state index in [0.717, 1.165) is 38.3 Å². The lowest BCUT2D eigenvalue weighted by atomic mass is 10.1. The summed E-state index contributed by atoms with van der Waals surface area (Å²) >= 11 is 0. The fourth-order valence-corrected chi connectivity index (χ4v) is 2.68. The van der Waals surface area contributed by atoms with Gasteiger partial charge in [0.25, 0.3) is 0 Å². The molecule has 2 saturated heterocycles. The van der Waals surface area contributed by atoms with Crippen molar-refractivity contribution in [2.45, 2.75) is 12.5 Å². The molecule has 2 aliphatic rings. The number of hydrogen-bond acceptors (Lipinski definition) is 3. The van der Waals surface area contributed by atoms with E-state index in [0.29, 0.717) is 5.92 Å². The first-order chi connectivity index (χ1) is 8.83. The molecule has 2 fully saturated rings. The number of pyridine rings is 1. The molecule has 1 aromatic heterocycles. The Kier molecular flexibility index (Phi) is 3.15. The zero-order chi connectivity index (χ0) is 12.4. The molecule has 2 aliphatic heterocycles. The highest BCUT2D eigenvalue weighted by Crippen LogP contribution is 2.20. The second-order valence-electron chi connectivity index (χ2n) is 5.02. The van der Waals surface area contributed by atoms with Gasteiger partial charge in [0.2, 0.25) is 0 Å². The molecule has 0 aromatic carbocycles. The Balaban J connectivity index is 1.63. The van der Waals surface area contributed by atoms with Crippen LogP contribution >= 0.6 is 0 Å². The summed E-state index contributed by atoms with van der Waals surface area (Å²) in [5, 5.41) is 6.33. The molecule has 5 heteroatoms. The lowest BCUT2D eigenvalue weighted by Gasteiger charge is -2.18. The first-order valence-corrected chi connectivity index (χ1v) is 6.50. The second-order valence-corrected chi connectivity index (χ2v) is 5.02. The maximum absolute atomic E-state index is 11.9. The van der Waals surface area contributed by atoms with Crippen LogP contribution in [0.25, 0.3) is 0 Å². The van der Waals surface area contributed by atoms with Crippen molar-refractivity contribution in [3.8, 4) is 0 Å². The van der Waals surface area contributed by atoms with E-state index in [2.05, 4.69) is 15.6 Å². The Labute approximate surface area is 107 Å². The van der Waals surface area contributed by atoms with Crippen molar-refractivity contribution in [1.29, 1.82) is 0 Å². The maximum Gasteiger partial charge on any atom is 0.318 e. The molecular formula is C13H18N4O. The van der Waals surface area contributed by atoms with Crippen molar-refractivity contribution in [3.63, 3.8) is 0 Å². The van der Waals surface area contributed by atoms with Crippen LogP contribution in [0.5, 0.6) is 0 Å². The van der Waals surface area contributed by atoms with Crippen LogP contribution in [-0.2, 0) is 0 Å². The zero-order valence-corrected chi connectivity index (χ0v) is 10.3. The minimum atomic E-state index is 0.0352. The van der Waals surface area contributed by atoms with Gasteiger partial charge in [-0.3, -0.25) is 4.98 Å². The fourth-order valence-electron chi connectivity index (χ4n) is 2.68. The lowest BCUT2D eigenvalue weighted by molar-refractivity contribution is 0.210. The summed E-state index contributed by atoms with van der Waals surface area (Å²) in [4.78, 5) is 18.1. The van der Waals surface area contributed by atoms with Crippen LogP contribution in [0.1, 0.15) is 18.2 Å². The maximum atomic E-state index is 11.9. The summed E-state index contributed by atoms with van der Waals surface area (Å²) in [6.45, 7) is 3.68. The minimum Gasteiger partial charge on any atom is -0.328 e. The van der Waals surface area contributed by atoms with E-state index in [9.17, 15) is 4.79 Å². The van der Waals surface area contributed by atoms with Crippen LogP contribution in [0, 0.1) is 5.92 Å². The van der Waals surface area contributed by atoms with Gasteiger partial charge < -0.3 is 15.5 Å². The van der Waals surface area contributed by atoms with E-state index in [1.807, 2.05) is 23.1 Å². The van der Waals surface area contributed by atoms with Gasteiger partial charge in [0.05, 0.1) is 11.7 Å². The number of hydrogen-bond donors (Lipinski definition) is 2. The minimum absolute atomic E-state index is 0.0352. The topological polar surface area (TPSA) is 57.3 Å². The van der Waals surface area contributed by atoms with Crippen molar-refractivity contribution in [2.24, 2.45) is 5.92 Å². The van der Waals surface area contributed by atoms with Gasteiger partial charge in [0, 0.05) is 19.3 Å². The lowest BCUT2D eigenvalue weighted by Crippen LogP contribution is -2.33. The highest BCUT2D eigenvalue weighted by atomic mass is 16.2. The number of amides is 2. The van der Waals surface area contributed by atoms with Crippen LogP contribution in [0.4, 0.5) is 4.79 Å². The number of nitrogens with zero attached hydrogens (tertiary/aromatic N) is 2. The quantitative estimate of drug-likeness (QED) is 0.827. The standard InChI is InChI=1S/C13H18N4O/c18-13-16-12(11-3-1-2-5-15-11)9-17(13)8-10-4-6-14-7-10/h1-3,5,10,12,14H,4,6-9H2,(H,16,18). The van der Waals surface area contributed by atoms with Crippen molar-refractivity contribution >= 4 is 6.03 Å². The molecule has 0 spiro atoms. The van der Waals surface area contributed by atoms with E-state index < -0.39 is 0 Å². The predicted octanol–water partition coefficient (Wildman–Crippen LogP) is 0.757. The number of aromatic nitrogens is 1. The molecule has 5 nitrogen and oxygen atoms in total. The Morgan fingerprint density at radius 2 is 2.39 bits per heavy atom. The highest BCUT2D eigenvalue weighted by molar-refractivity contribution is 5.77. The normalized spacial score (nSPS) is 27.6. The molecule has 2 amide bonds. The Hall–Kier alpha value is -1.62. The van der Waals surface area contributed by atoms with Crippen molar-refractivity contribution < 1.29 is 4.79 Å². The summed E-state index contributed by atoms with van der Waals surface area (Å²) in [5.74, 6) is 0.596.